The highest BCUT2D eigenvalue weighted by atomic mass is 15.3. The monoisotopic (exact) mass is 221 g/mol. The normalized spacial score (nSPS) is 25.5. The minimum Gasteiger partial charge on any atom is -0.330 e. The van der Waals surface area contributed by atoms with Gasteiger partial charge in [-0.15, -0.1) is 0 Å². The van der Waals surface area contributed by atoms with Gasteiger partial charge < -0.3 is 5.73 Å². The van der Waals surface area contributed by atoms with Crippen LogP contribution in [-0.2, 0) is 0 Å². The van der Waals surface area contributed by atoms with E-state index in [0.717, 1.165) is 18.9 Å². The number of hydrogen-bond acceptors (Lipinski definition) is 2. The summed E-state index contributed by atoms with van der Waals surface area (Å²) in [5, 5.41) is 4.53. The third kappa shape index (κ3) is 2.29. The van der Waals surface area contributed by atoms with Crippen molar-refractivity contribution in [3.05, 3.63) is 18.0 Å². The van der Waals surface area contributed by atoms with Gasteiger partial charge in [0.15, 0.2) is 0 Å². The molecule has 0 bridgehead atoms. The molecule has 1 aromatic heterocycles. The van der Waals surface area contributed by atoms with Crippen molar-refractivity contribution >= 4 is 0 Å². The third-order valence-electron chi connectivity index (χ3n) is 3.78. The number of nitrogens with two attached hydrogens (primary N) is 1. The molecule has 2 N–H and O–H groups in total. The lowest BCUT2D eigenvalue weighted by Gasteiger charge is -2.19. The van der Waals surface area contributed by atoms with E-state index in [9.17, 15) is 0 Å². The predicted molar refractivity (Wildman–Crippen MR) is 66.4 cm³/mol. The first-order valence-electron chi connectivity index (χ1n) is 6.46. The van der Waals surface area contributed by atoms with Gasteiger partial charge in [-0.2, -0.15) is 5.10 Å². The average Bonchev–Trinajstić information content (AvgIpc) is 2.84. The van der Waals surface area contributed by atoms with E-state index in [1.807, 2.05) is 6.20 Å². The zero-order valence-electron chi connectivity index (χ0n) is 10.4. The first-order chi connectivity index (χ1) is 7.72. The van der Waals surface area contributed by atoms with Gasteiger partial charge in [0.1, 0.15) is 0 Å². The van der Waals surface area contributed by atoms with Crippen molar-refractivity contribution in [2.75, 3.05) is 6.54 Å². The van der Waals surface area contributed by atoms with E-state index in [-0.39, 0.29) is 0 Å². The van der Waals surface area contributed by atoms with Gasteiger partial charge in [-0.05, 0) is 43.2 Å². The molecule has 2 rings (SSSR count). The van der Waals surface area contributed by atoms with Gasteiger partial charge in [0.25, 0.3) is 0 Å². The topological polar surface area (TPSA) is 43.8 Å². The fourth-order valence-corrected chi connectivity index (χ4v) is 2.75. The Morgan fingerprint density at radius 2 is 2.31 bits per heavy atom. The highest BCUT2D eigenvalue weighted by molar-refractivity contribution is 5.09. The van der Waals surface area contributed by atoms with Crippen LogP contribution in [0.1, 0.15) is 57.1 Å². The summed E-state index contributed by atoms with van der Waals surface area (Å²) in [4.78, 5) is 0. The van der Waals surface area contributed by atoms with Crippen LogP contribution in [0.25, 0.3) is 0 Å². The minimum absolute atomic E-state index is 0.572. The van der Waals surface area contributed by atoms with Crippen LogP contribution in [0, 0.1) is 5.92 Å². The average molecular weight is 221 g/mol. The van der Waals surface area contributed by atoms with Crippen LogP contribution in [0.4, 0.5) is 0 Å². The lowest BCUT2D eigenvalue weighted by atomic mass is 10.00. The standard InChI is InChI=1S/C13H23N3/c1-10(2)12-8-15-16(9-12)13-5-3-4-11(13)6-7-14/h8-11,13H,3-7,14H2,1-2H3. The molecule has 16 heavy (non-hydrogen) atoms. The van der Waals surface area contributed by atoms with Gasteiger partial charge in [-0.25, -0.2) is 0 Å². The van der Waals surface area contributed by atoms with Crippen molar-refractivity contribution in [3.8, 4) is 0 Å². The van der Waals surface area contributed by atoms with Crippen LogP contribution in [0.3, 0.4) is 0 Å². The molecule has 1 aliphatic carbocycles. The first-order valence-corrected chi connectivity index (χ1v) is 6.46. The molecule has 0 aromatic carbocycles. The molecule has 1 heterocycles. The largest absolute Gasteiger partial charge is 0.330 e. The molecule has 0 amide bonds. The Labute approximate surface area is 98.0 Å². The molecular formula is C13H23N3. The summed E-state index contributed by atoms with van der Waals surface area (Å²) in [6.45, 7) is 5.24. The maximum absolute atomic E-state index is 5.67. The number of hydrogen-bond donors (Lipinski definition) is 1. The van der Waals surface area contributed by atoms with Crippen LogP contribution < -0.4 is 5.73 Å². The fraction of sp³-hybridized carbons (Fsp3) is 0.769. The van der Waals surface area contributed by atoms with Gasteiger partial charge >= 0.3 is 0 Å². The second-order valence-corrected chi connectivity index (χ2v) is 5.24. The zero-order chi connectivity index (χ0) is 11.5. The summed E-state index contributed by atoms with van der Waals surface area (Å²) in [7, 11) is 0. The van der Waals surface area contributed by atoms with Crippen molar-refractivity contribution in [2.24, 2.45) is 11.7 Å². The number of aromatic nitrogens is 2. The summed E-state index contributed by atoms with van der Waals surface area (Å²) in [6.07, 6.45) is 9.29. The Balaban J connectivity index is 2.10. The smallest absolute Gasteiger partial charge is 0.0547 e. The second-order valence-electron chi connectivity index (χ2n) is 5.24. The third-order valence-corrected chi connectivity index (χ3v) is 3.78. The molecule has 90 valence electrons. The Kier molecular flexibility index (Phi) is 3.64. The van der Waals surface area contributed by atoms with E-state index in [1.54, 1.807) is 0 Å². The molecular weight excluding hydrogens is 198 g/mol. The fourth-order valence-electron chi connectivity index (χ4n) is 2.75. The summed E-state index contributed by atoms with van der Waals surface area (Å²) < 4.78 is 2.18. The molecule has 0 radical (unpaired) electrons. The molecule has 1 saturated carbocycles. The summed E-state index contributed by atoms with van der Waals surface area (Å²) >= 11 is 0. The van der Waals surface area contributed by atoms with Gasteiger partial charge in [-0.1, -0.05) is 20.3 Å². The van der Waals surface area contributed by atoms with Crippen LogP contribution >= 0.6 is 0 Å². The zero-order valence-corrected chi connectivity index (χ0v) is 10.4. The Bertz CT molecular complexity index is 330. The Morgan fingerprint density at radius 1 is 1.50 bits per heavy atom. The maximum Gasteiger partial charge on any atom is 0.0547 e. The van der Waals surface area contributed by atoms with Gasteiger partial charge in [-0.3, -0.25) is 4.68 Å². The van der Waals surface area contributed by atoms with Crippen LogP contribution in [0.2, 0.25) is 0 Å². The van der Waals surface area contributed by atoms with Crippen molar-refractivity contribution in [2.45, 2.75) is 51.5 Å². The lowest BCUT2D eigenvalue weighted by Crippen LogP contribution is -2.17. The summed E-state index contributed by atoms with van der Waals surface area (Å²) in [5.74, 6) is 1.31. The summed E-state index contributed by atoms with van der Waals surface area (Å²) in [5.41, 5.74) is 7.02. The van der Waals surface area contributed by atoms with E-state index in [0.29, 0.717) is 12.0 Å². The second kappa shape index (κ2) is 5.00. The number of rotatable bonds is 4. The van der Waals surface area contributed by atoms with Crippen LogP contribution in [-0.4, -0.2) is 16.3 Å². The molecule has 1 aliphatic rings. The van der Waals surface area contributed by atoms with E-state index < -0.39 is 0 Å². The SMILES string of the molecule is CC(C)c1cnn(C2CCCC2CCN)c1. The van der Waals surface area contributed by atoms with Crippen LogP contribution in [0.5, 0.6) is 0 Å². The summed E-state index contributed by atoms with van der Waals surface area (Å²) in [6, 6.07) is 0.594. The first kappa shape index (κ1) is 11.6. The predicted octanol–water partition coefficient (Wildman–Crippen LogP) is 2.70. The quantitative estimate of drug-likeness (QED) is 0.849. The molecule has 2 unspecified atom stereocenters. The highest BCUT2D eigenvalue weighted by Gasteiger charge is 2.28. The van der Waals surface area contributed by atoms with Crippen LogP contribution in [0.15, 0.2) is 12.4 Å². The Morgan fingerprint density at radius 3 is 2.94 bits per heavy atom. The molecule has 0 spiro atoms. The Hall–Kier alpha value is -0.830. The van der Waals surface area contributed by atoms with E-state index in [2.05, 4.69) is 29.8 Å². The van der Waals surface area contributed by atoms with Crippen molar-refractivity contribution in [1.82, 2.24) is 9.78 Å². The maximum atomic E-state index is 5.67. The molecule has 1 fully saturated rings. The molecule has 0 saturated heterocycles. The van der Waals surface area contributed by atoms with Crippen molar-refractivity contribution < 1.29 is 0 Å². The number of nitrogens with zero attached hydrogens (tertiary/aromatic N) is 2. The molecule has 3 nitrogen and oxygen atoms in total. The van der Waals surface area contributed by atoms with Gasteiger partial charge in [0, 0.05) is 6.20 Å². The minimum atomic E-state index is 0.572. The highest BCUT2D eigenvalue weighted by Crippen LogP contribution is 2.37. The van der Waals surface area contributed by atoms with Crippen molar-refractivity contribution in [1.29, 1.82) is 0 Å². The van der Waals surface area contributed by atoms with E-state index in [1.165, 1.54) is 24.8 Å². The molecule has 3 heteroatoms. The molecule has 1 aromatic rings. The van der Waals surface area contributed by atoms with Gasteiger partial charge in [0.05, 0.1) is 12.2 Å². The molecule has 2 atom stereocenters. The van der Waals surface area contributed by atoms with Gasteiger partial charge in [0.2, 0.25) is 0 Å². The molecule has 0 aliphatic heterocycles. The lowest BCUT2D eigenvalue weighted by molar-refractivity contribution is 0.337. The van der Waals surface area contributed by atoms with E-state index >= 15 is 0 Å². The van der Waals surface area contributed by atoms with E-state index in [4.69, 9.17) is 5.73 Å². The van der Waals surface area contributed by atoms with Crippen molar-refractivity contribution in [3.63, 3.8) is 0 Å².